The Balaban J connectivity index is 1.36. The molecule has 7 nitrogen and oxygen atoms in total. The molecule has 1 saturated heterocycles. The molecule has 7 heteroatoms. The second kappa shape index (κ2) is 9.87. The molecule has 1 N–H and O–H groups in total. The lowest BCUT2D eigenvalue weighted by atomic mass is 9.90. The molecule has 3 aliphatic rings. The van der Waals surface area contributed by atoms with E-state index in [1.54, 1.807) is 6.07 Å². The monoisotopic (exact) mass is 512 g/mol. The number of carbonyl (C=O) groups is 2. The third-order valence-corrected chi connectivity index (χ3v) is 9.17. The van der Waals surface area contributed by atoms with E-state index in [0.717, 1.165) is 57.2 Å². The van der Waals surface area contributed by atoms with Gasteiger partial charge in [-0.05, 0) is 60.2 Å². The molecule has 1 amide bonds. The van der Waals surface area contributed by atoms with Crippen LogP contribution in [0.5, 0.6) is 5.75 Å². The Labute approximate surface area is 223 Å². The van der Waals surface area contributed by atoms with E-state index in [-0.39, 0.29) is 18.0 Å². The first-order valence-corrected chi connectivity index (χ1v) is 13.6. The third-order valence-electron chi connectivity index (χ3n) is 9.17. The predicted octanol–water partition coefficient (Wildman–Crippen LogP) is 5.50. The summed E-state index contributed by atoms with van der Waals surface area (Å²) in [6.07, 6.45) is 7.70. The number of likely N-dealkylation sites (N-methyl/N-ethyl adjacent to an activating group) is 1. The number of rotatable bonds is 5. The van der Waals surface area contributed by atoms with Gasteiger partial charge in [0.15, 0.2) is 0 Å². The van der Waals surface area contributed by atoms with E-state index < -0.39 is 6.16 Å². The van der Waals surface area contributed by atoms with Gasteiger partial charge in [0.1, 0.15) is 11.8 Å². The molecule has 1 fully saturated rings. The van der Waals surface area contributed by atoms with Crippen LogP contribution in [-0.2, 0) is 17.6 Å². The second-order valence-corrected chi connectivity index (χ2v) is 11.0. The molecule has 1 aliphatic heterocycles. The summed E-state index contributed by atoms with van der Waals surface area (Å²) < 4.78 is 5.38. The number of benzene rings is 2. The van der Waals surface area contributed by atoms with Crippen LogP contribution in [-0.4, -0.2) is 52.8 Å². The van der Waals surface area contributed by atoms with Gasteiger partial charge in [0.05, 0.1) is 19.0 Å². The number of hydrogen-bond acceptors (Lipinski definition) is 5. The van der Waals surface area contributed by atoms with Gasteiger partial charge in [-0.15, -0.1) is 0 Å². The predicted molar refractivity (Wildman–Crippen MR) is 144 cm³/mol. The van der Waals surface area contributed by atoms with Crippen molar-refractivity contribution in [3.63, 3.8) is 0 Å². The number of carboxylic acid groups (broad SMARTS) is 1. The smallest absolute Gasteiger partial charge is 0.449 e. The molecule has 0 saturated carbocycles. The lowest BCUT2D eigenvalue weighted by Crippen LogP contribution is -2.61. The Morgan fingerprint density at radius 2 is 1.63 bits per heavy atom. The molecule has 3 aromatic rings. The van der Waals surface area contributed by atoms with E-state index in [1.165, 1.54) is 22.4 Å². The summed E-state index contributed by atoms with van der Waals surface area (Å²) in [5.74, 6) is 0.498. The average Bonchev–Trinajstić information content (AvgIpc) is 3.57. The van der Waals surface area contributed by atoms with Gasteiger partial charge in [0, 0.05) is 56.0 Å². The number of carbonyl (C=O) groups excluding carboxylic acids is 1. The number of aryl methyl sites for hydroxylation is 2. The standard InChI is InChI=1S/C31H33N3O4/c1-34(30(35)27-10-7-21-4-2-3-5-26(21)27,24-14-18-33(19-15-24)23-12-16-32-17-13-23)29-11-8-22-6-9-25(20-28(22)29)38-31(36)37/h2-6,9,12-13,16-17,20,24,27,29H,7-8,10-11,14-15,18-19H2,1H3/p+1/t27?,29-,34?/m1/s1. The first kappa shape index (κ1) is 24.6. The molecule has 2 unspecified atom stereocenters. The van der Waals surface area contributed by atoms with Gasteiger partial charge in [-0.25, -0.2) is 9.59 Å². The van der Waals surface area contributed by atoms with Crippen LogP contribution in [0.2, 0.25) is 0 Å². The number of amides is 1. The number of fused-ring (bicyclic) bond motifs is 2. The highest BCUT2D eigenvalue weighted by molar-refractivity contribution is 5.80. The largest absolute Gasteiger partial charge is 0.511 e. The van der Waals surface area contributed by atoms with Crippen molar-refractivity contribution in [3.05, 3.63) is 89.2 Å². The van der Waals surface area contributed by atoms with Gasteiger partial charge in [-0.2, -0.15) is 0 Å². The summed E-state index contributed by atoms with van der Waals surface area (Å²) in [5.41, 5.74) is 5.88. The Morgan fingerprint density at radius 1 is 0.921 bits per heavy atom. The maximum absolute atomic E-state index is 14.8. The molecular formula is C31H34N3O4+. The Morgan fingerprint density at radius 3 is 2.39 bits per heavy atom. The molecule has 2 heterocycles. The molecule has 0 spiro atoms. The third kappa shape index (κ3) is 4.25. The number of piperidine rings is 1. The highest BCUT2D eigenvalue weighted by Gasteiger charge is 2.53. The normalized spacial score (nSPS) is 22.4. The number of nitrogens with zero attached hydrogens (tertiary/aromatic N) is 3. The summed E-state index contributed by atoms with van der Waals surface area (Å²) >= 11 is 0. The van der Waals surface area contributed by atoms with Crippen LogP contribution in [0.3, 0.4) is 0 Å². The fourth-order valence-corrected chi connectivity index (χ4v) is 7.23. The Kier molecular flexibility index (Phi) is 6.40. The number of ether oxygens (including phenoxy) is 1. The quantitative estimate of drug-likeness (QED) is 0.276. The summed E-state index contributed by atoms with van der Waals surface area (Å²) in [4.78, 5) is 32.6. The molecule has 1 aromatic heterocycles. The fourth-order valence-electron chi connectivity index (χ4n) is 7.23. The summed E-state index contributed by atoms with van der Waals surface area (Å²) in [5, 5.41) is 9.20. The van der Waals surface area contributed by atoms with Gasteiger partial charge < -0.3 is 14.7 Å². The van der Waals surface area contributed by atoms with Crippen molar-refractivity contribution in [2.75, 3.05) is 25.0 Å². The van der Waals surface area contributed by atoms with Crippen LogP contribution in [0.15, 0.2) is 67.0 Å². The topological polar surface area (TPSA) is 79.7 Å². The van der Waals surface area contributed by atoms with Crippen LogP contribution in [0.25, 0.3) is 0 Å². The van der Waals surface area contributed by atoms with E-state index in [4.69, 9.17) is 4.74 Å². The van der Waals surface area contributed by atoms with Gasteiger partial charge in [-0.1, -0.05) is 30.3 Å². The SMILES string of the molecule is C[N+](C(=O)C1CCc2ccccc21)(C1CCN(c2ccncc2)CC1)[C@@H]1CCc2ccc(OC(=O)O)cc21. The van der Waals surface area contributed by atoms with Gasteiger partial charge in [0.2, 0.25) is 0 Å². The van der Waals surface area contributed by atoms with Crippen molar-refractivity contribution in [2.45, 2.75) is 56.5 Å². The van der Waals surface area contributed by atoms with Crippen molar-refractivity contribution < 1.29 is 23.9 Å². The Hall–Kier alpha value is -3.71. The molecule has 3 atom stereocenters. The lowest BCUT2D eigenvalue weighted by Gasteiger charge is -2.48. The number of quaternary nitrogens is 1. The van der Waals surface area contributed by atoms with Crippen molar-refractivity contribution >= 4 is 17.7 Å². The fraction of sp³-hybridized carbons (Fsp3) is 0.387. The molecule has 2 aliphatic carbocycles. The van der Waals surface area contributed by atoms with Crippen molar-refractivity contribution in [1.29, 1.82) is 0 Å². The molecule has 2 aromatic carbocycles. The first-order chi connectivity index (χ1) is 18.4. The number of hydrogen-bond donors (Lipinski definition) is 1. The Bertz CT molecular complexity index is 1350. The summed E-state index contributed by atoms with van der Waals surface area (Å²) in [7, 11) is 2.15. The van der Waals surface area contributed by atoms with E-state index in [0.29, 0.717) is 16.1 Å². The molecule has 0 radical (unpaired) electrons. The van der Waals surface area contributed by atoms with Gasteiger partial charge >= 0.3 is 12.1 Å². The van der Waals surface area contributed by atoms with Crippen LogP contribution in [0.1, 0.15) is 59.9 Å². The molecule has 196 valence electrons. The lowest BCUT2D eigenvalue weighted by molar-refractivity contribution is -0.892. The van der Waals surface area contributed by atoms with Crippen molar-refractivity contribution in [1.82, 2.24) is 4.98 Å². The minimum Gasteiger partial charge on any atom is -0.449 e. The highest BCUT2D eigenvalue weighted by Crippen LogP contribution is 2.48. The van der Waals surface area contributed by atoms with E-state index in [2.05, 4.69) is 35.1 Å². The number of aromatic nitrogens is 1. The van der Waals surface area contributed by atoms with Gasteiger partial charge in [-0.3, -0.25) is 9.47 Å². The van der Waals surface area contributed by atoms with E-state index in [1.807, 2.05) is 42.7 Å². The van der Waals surface area contributed by atoms with E-state index in [9.17, 15) is 14.7 Å². The first-order valence-electron chi connectivity index (χ1n) is 13.6. The molecule has 0 bridgehead atoms. The number of pyridine rings is 1. The maximum Gasteiger partial charge on any atom is 0.511 e. The molecule has 6 rings (SSSR count). The average molecular weight is 513 g/mol. The maximum atomic E-state index is 14.8. The number of anilines is 1. The highest BCUT2D eigenvalue weighted by atomic mass is 16.7. The van der Waals surface area contributed by atoms with Crippen molar-refractivity contribution in [3.8, 4) is 5.75 Å². The second-order valence-electron chi connectivity index (χ2n) is 11.0. The van der Waals surface area contributed by atoms with Gasteiger partial charge in [0.25, 0.3) is 0 Å². The summed E-state index contributed by atoms with van der Waals surface area (Å²) in [6, 6.07) is 18.2. The van der Waals surface area contributed by atoms with Crippen LogP contribution >= 0.6 is 0 Å². The minimum atomic E-state index is -1.32. The van der Waals surface area contributed by atoms with Crippen LogP contribution < -0.4 is 9.64 Å². The molecular weight excluding hydrogens is 478 g/mol. The minimum absolute atomic E-state index is 0.0277. The summed E-state index contributed by atoms with van der Waals surface area (Å²) in [6.45, 7) is 1.78. The molecule has 38 heavy (non-hydrogen) atoms. The zero-order valence-corrected chi connectivity index (χ0v) is 21.8. The zero-order valence-electron chi connectivity index (χ0n) is 21.8. The zero-order chi connectivity index (χ0) is 26.3. The van der Waals surface area contributed by atoms with Crippen LogP contribution in [0, 0.1) is 0 Å². The van der Waals surface area contributed by atoms with Crippen LogP contribution in [0.4, 0.5) is 10.5 Å². The van der Waals surface area contributed by atoms with Crippen molar-refractivity contribution in [2.24, 2.45) is 0 Å². The van der Waals surface area contributed by atoms with E-state index >= 15 is 0 Å².